The number of nitrogens with zero attached hydrogens (tertiary/aromatic N) is 1. The van der Waals surface area contributed by atoms with Crippen molar-refractivity contribution in [3.8, 4) is 5.75 Å². The van der Waals surface area contributed by atoms with Crippen molar-refractivity contribution in [3.63, 3.8) is 0 Å². The Morgan fingerprint density at radius 2 is 1.85 bits per heavy atom. The van der Waals surface area contributed by atoms with Crippen LogP contribution in [0.15, 0.2) is 36.8 Å². The molecule has 27 heavy (non-hydrogen) atoms. The molecule has 7 N–H and O–H groups in total. The lowest BCUT2D eigenvalue weighted by Gasteiger charge is -2.20. The molecule has 2 atom stereocenters. The molecule has 0 aliphatic rings. The van der Waals surface area contributed by atoms with Gasteiger partial charge in [-0.25, -0.2) is 4.98 Å². The summed E-state index contributed by atoms with van der Waals surface area (Å²) in [6.45, 7) is -0.562. The van der Waals surface area contributed by atoms with E-state index in [2.05, 4.69) is 20.6 Å². The van der Waals surface area contributed by atoms with E-state index < -0.39 is 36.4 Å². The van der Waals surface area contributed by atoms with Crippen molar-refractivity contribution in [3.05, 3.63) is 48.0 Å². The molecule has 0 radical (unpaired) electrons. The van der Waals surface area contributed by atoms with Crippen LogP contribution in [0.3, 0.4) is 0 Å². The minimum Gasteiger partial charge on any atom is -0.508 e. The van der Waals surface area contributed by atoms with Gasteiger partial charge < -0.3 is 31.6 Å². The van der Waals surface area contributed by atoms with E-state index >= 15 is 0 Å². The highest BCUT2D eigenvalue weighted by Gasteiger charge is 2.25. The third-order valence-corrected chi connectivity index (χ3v) is 3.75. The molecule has 0 aliphatic carbocycles. The largest absolute Gasteiger partial charge is 0.508 e. The standard InChI is InChI=1S/C17H21N5O5/c18-13(5-10-1-3-12(23)4-2-10)16(26)22-14(6-11-7-19-9-21-11)17(27)20-8-15(24)25/h1-4,7,9,13-14,23H,5-6,8,18H2,(H,19,21)(H,20,27)(H,22,26)(H,24,25)/t13-,14-/m0/s1. The number of phenols is 1. The number of carbonyl (C=O) groups excluding carboxylic acids is 2. The number of carboxylic acid groups (broad SMARTS) is 1. The molecule has 2 aromatic rings. The summed E-state index contributed by atoms with van der Waals surface area (Å²) in [6.07, 6.45) is 3.24. The number of H-pyrrole nitrogens is 1. The van der Waals surface area contributed by atoms with Crippen LogP contribution < -0.4 is 16.4 Å². The van der Waals surface area contributed by atoms with Crippen LogP contribution in [0.2, 0.25) is 0 Å². The van der Waals surface area contributed by atoms with Gasteiger partial charge in [0.25, 0.3) is 0 Å². The number of rotatable bonds is 9. The number of aromatic nitrogens is 2. The maximum Gasteiger partial charge on any atom is 0.322 e. The van der Waals surface area contributed by atoms with Crippen molar-refractivity contribution in [2.24, 2.45) is 5.73 Å². The number of hydrogen-bond donors (Lipinski definition) is 6. The lowest BCUT2D eigenvalue weighted by molar-refractivity contribution is -0.138. The molecule has 0 saturated heterocycles. The number of carboxylic acids is 1. The lowest BCUT2D eigenvalue weighted by Crippen LogP contribution is -2.53. The summed E-state index contributed by atoms with van der Waals surface area (Å²) in [5, 5.41) is 22.8. The number of aromatic hydroxyl groups is 1. The molecular weight excluding hydrogens is 354 g/mol. The van der Waals surface area contributed by atoms with Crippen molar-refractivity contribution in [1.82, 2.24) is 20.6 Å². The van der Waals surface area contributed by atoms with E-state index in [1.54, 1.807) is 12.1 Å². The molecule has 0 spiro atoms. The van der Waals surface area contributed by atoms with E-state index in [0.29, 0.717) is 5.69 Å². The van der Waals surface area contributed by atoms with Crippen molar-refractivity contribution in [1.29, 1.82) is 0 Å². The van der Waals surface area contributed by atoms with Crippen LogP contribution >= 0.6 is 0 Å². The summed E-state index contributed by atoms with van der Waals surface area (Å²) in [6, 6.07) is 4.32. The fourth-order valence-corrected chi connectivity index (χ4v) is 2.37. The Morgan fingerprint density at radius 1 is 1.15 bits per heavy atom. The quantitative estimate of drug-likeness (QED) is 0.323. The Morgan fingerprint density at radius 3 is 2.44 bits per heavy atom. The van der Waals surface area contributed by atoms with Crippen LogP contribution in [0.5, 0.6) is 5.75 Å². The molecule has 0 unspecified atom stereocenters. The second-order valence-electron chi connectivity index (χ2n) is 5.93. The van der Waals surface area contributed by atoms with Crippen LogP contribution in [0.25, 0.3) is 0 Å². The van der Waals surface area contributed by atoms with E-state index in [0.717, 1.165) is 5.56 Å². The fourth-order valence-electron chi connectivity index (χ4n) is 2.37. The van der Waals surface area contributed by atoms with E-state index in [1.807, 2.05) is 0 Å². The first-order valence-electron chi connectivity index (χ1n) is 8.15. The summed E-state index contributed by atoms with van der Waals surface area (Å²) < 4.78 is 0. The molecule has 1 aromatic heterocycles. The third kappa shape index (κ3) is 6.44. The first-order valence-corrected chi connectivity index (χ1v) is 8.15. The van der Waals surface area contributed by atoms with Gasteiger partial charge in [0.15, 0.2) is 0 Å². The van der Waals surface area contributed by atoms with Gasteiger partial charge in [-0.1, -0.05) is 12.1 Å². The Balaban J connectivity index is 2.00. The zero-order valence-electron chi connectivity index (χ0n) is 14.4. The Hall–Kier alpha value is -3.40. The normalized spacial score (nSPS) is 12.8. The van der Waals surface area contributed by atoms with Gasteiger partial charge in [0, 0.05) is 18.3 Å². The zero-order valence-corrected chi connectivity index (χ0v) is 14.4. The first kappa shape index (κ1) is 19.9. The molecule has 0 bridgehead atoms. The number of amides is 2. The van der Waals surface area contributed by atoms with Gasteiger partial charge in [0.05, 0.1) is 12.4 Å². The van der Waals surface area contributed by atoms with Gasteiger partial charge in [0.2, 0.25) is 11.8 Å². The average Bonchev–Trinajstić information content (AvgIpc) is 3.14. The highest BCUT2D eigenvalue weighted by Crippen LogP contribution is 2.11. The molecule has 10 heteroatoms. The Kier molecular flexibility index (Phi) is 6.89. The Bertz CT molecular complexity index is 776. The summed E-state index contributed by atoms with van der Waals surface area (Å²) in [5.74, 6) is -2.29. The predicted molar refractivity (Wildman–Crippen MR) is 94.7 cm³/mol. The number of aromatic amines is 1. The average molecular weight is 375 g/mol. The predicted octanol–water partition coefficient (Wildman–Crippen LogP) is -1.09. The van der Waals surface area contributed by atoms with Gasteiger partial charge in [0.1, 0.15) is 18.3 Å². The molecule has 2 amide bonds. The van der Waals surface area contributed by atoms with Crippen LogP contribution in [0.4, 0.5) is 0 Å². The third-order valence-electron chi connectivity index (χ3n) is 3.75. The number of carbonyl (C=O) groups is 3. The topological polar surface area (TPSA) is 170 Å². The Labute approximate surface area is 154 Å². The monoisotopic (exact) mass is 375 g/mol. The van der Waals surface area contributed by atoms with Crippen molar-refractivity contribution >= 4 is 17.8 Å². The SMILES string of the molecule is N[C@@H](Cc1ccc(O)cc1)C(=O)N[C@@H](Cc1cnc[nH]1)C(=O)NCC(=O)O. The van der Waals surface area contributed by atoms with E-state index in [9.17, 15) is 19.5 Å². The number of benzene rings is 1. The smallest absolute Gasteiger partial charge is 0.322 e. The highest BCUT2D eigenvalue weighted by molar-refractivity contribution is 5.91. The summed E-state index contributed by atoms with van der Waals surface area (Å²) in [5.41, 5.74) is 7.25. The summed E-state index contributed by atoms with van der Waals surface area (Å²) in [4.78, 5) is 41.9. The molecule has 1 aromatic carbocycles. The number of hydrogen-bond acceptors (Lipinski definition) is 6. The van der Waals surface area contributed by atoms with Crippen molar-refractivity contribution < 1.29 is 24.6 Å². The van der Waals surface area contributed by atoms with Crippen LogP contribution in [-0.4, -0.2) is 56.6 Å². The minimum atomic E-state index is -1.20. The zero-order chi connectivity index (χ0) is 19.8. The van der Waals surface area contributed by atoms with Crippen molar-refractivity contribution in [2.45, 2.75) is 24.9 Å². The maximum absolute atomic E-state index is 12.4. The van der Waals surface area contributed by atoms with Crippen LogP contribution in [-0.2, 0) is 27.2 Å². The number of aliphatic carboxylic acids is 1. The maximum atomic E-state index is 12.4. The second-order valence-corrected chi connectivity index (χ2v) is 5.93. The first-order chi connectivity index (χ1) is 12.8. The van der Waals surface area contributed by atoms with Gasteiger partial charge in [-0.15, -0.1) is 0 Å². The van der Waals surface area contributed by atoms with E-state index in [1.165, 1.54) is 24.7 Å². The molecule has 0 fully saturated rings. The molecule has 0 saturated carbocycles. The van der Waals surface area contributed by atoms with E-state index in [4.69, 9.17) is 10.8 Å². The number of nitrogens with two attached hydrogens (primary N) is 1. The minimum absolute atomic E-state index is 0.100. The van der Waals surface area contributed by atoms with Gasteiger partial charge >= 0.3 is 5.97 Å². The molecule has 2 rings (SSSR count). The van der Waals surface area contributed by atoms with Crippen molar-refractivity contribution in [2.75, 3.05) is 6.54 Å². The van der Waals surface area contributed by atoms with Gasteiger partial charge in [-0.2, -0.15) is 0 Å². The van der Waals surface area contributed by atoms with Gasteiger partial charge in [-0.3, -0.25) is 14.4 Å². The number of phenolic OH excluding ortho intramolecular Hbond substituents is 1. The molecule has 1 heterocycles. The lowest BCUT2D eigenvalue weighted by atomic mass is 10.0. The fraction of sp³-hybridized carbons (Fsp3) is 0.294. The summed E-state index contributed by atoms with van der Waals surface area (Å²) in [7, 11) is 0. The molecular formula is C17H21N5O5. The summed E-state index contributed by atoms with van der Waals surface area (Å²) >= 11 is 0. The molecule has 0 aliphatic heterocycles. The van der Waals surface area contributed by atoms with Crippen LogP contribution in [0.1, 0.15) is 11.3 Å². The number of imidazole rings is 1. The second kappa shape index (κ2) is 9.34. The number of nitrogens with one attached hydrogen (secondary N) is 3. The molecule has 10 nitrogen and oxygen atoms in total. The molecule has 144 valence electrons. The highest BCUT2D eigenvalue weighted by atomic mass is 16.4. The van der Waals surface area contributed by atoms with E-state index in [-0.39, 0.29) is 18.6 Å². The van der Waals surface area contributed by atoms with Gasteiger partial charge in [-0.05, 0) is 24.1 Å². The van der Waals surface area contributed by atoms with Crippen LogP contribution in [0, 0.1) is 0 Å².